The van der Waals surface area contributed by atoms with E-state index < -0.39 is 11.9 Å². The molecule has 3 N–H and O–H groups in total. The molecule has 1 aliphatic rings. The van der Waals surface area contributed by atoms with Gasteiger partial charge in [-0.3, -0.25) is 9.59 Å². The molecule has 0 atom stereocenters. The van der Waals surface area contributed by atoms with Crippen molar-refractivity contribution in [3.05, 3.63) is 46.1 Å². The van der Waals surface area contributed by atoms with Gasteiger partial charge in [0, 0.05) is 45.7 Å². The number of benzene rings is 1. The number of hydrogen-bond donors (Lipinski definition) is 3. The van der Waals surface area contributed by atoms with Gasteiger partial charge in [0.25, 0.3) is 17.8 Å². The molecule has 14 heteroatoms. The predicted octanol–water partition coefficient (Wildman–Crippen LogP) is 5.33. The van der Waals surface area contributed by atoms with E-state index in [0.717, 1.165) is 56.1 Å². The zero-order valence-corrected chi connectivity index (χ0v) is 28.5. The lowest BCUT2D eigenvalue weighted by molar-refractivity contribution is -0.134. The molecule has 1 saturated heterocycles. The van der Waals surface area contributed by atoms with Crippen LogP contribution in [0.3, 0.4) is 0 Å². The Kier molecular flexibility index (Phi) is 13.0. The number of hydrogen-bond acceptors (Lipinski definition) is 11. The number of halogens is 1. The van der Waals surface area contributed by atoms with Gasteiger partial charge in [0.2, 0.25) is 17.7 Å². The van der Waals surface area contributed by atoms with Crippen molar-refractivity contribution in [2.24, 2.45) is 0 Å². The number of furan rings is 1. The van der Waals surface area contributed by atoms with Gasteiger partial charge in [0.1, 0.15) is 5.75 Å². The summed E-state index contributed by atoms with van der Waals surface area (Å²) in [5.74, 6) is 0.117. The minimum absolute atomic E-state index is 0.0401. The van der Waals surface area contributed by atoms with Crippen LogP contribution in [0.5, 0.6) is 23.5 Å². The highest BCUT2D eigenvalue weighted by Gasteiger charge is 2.22. The number of nitrogens with one attached hydrogen (secondary N) is 2. The highest BCUT2D eigenvalue weighted by Crippen LogP contribution is 2.36. The summed E-state index contributed by atoms with van der Waals surface area (Å²) < 4.78 is 23.3. The molecule has 2 aromatic heterocycles. The average Bonchev–Trinajstić information content (AvgIpc) is 3.45. The second-order valence-corrected chi connectivity index (χ2v) is 12.3. The zero-order chi connectivity index (χ0) is 33.1. The number of methoxy groups -OCH3 is 2. The molecular weight excluding hydrogens is 648 g/mol. The number of aromatic nitrogens is 2. The maximum Gasteiger partial charge on any atom is 0.300 e. The molecule has 4 rings (SSSR count). The highest BCUT2D eigenvalue weighted by atomic mass is 79.9. The molecule has 1 aromatic carbocycles. The fraction of sp³-hybridized carbons (Fsp3) is 0.484. The number of ether oxygens (including phenoxy) is 3. The first-order valence-electron chi connectivity index (χ1n) is 14.5. The second-order valence-electron chi connectivity index (χ2n) is 11.5. The number of likely N-dealkylation sites (N-methyl/N-ethyl adjacent to an activating group) is 1. The fourth-order valence-corrected chi connectivity index (χ4v) is 4.63. The van der Waals surface area contributed by atoms with Gasteiger partial charge in [-0.15, -0.1) is 0 Å². The molecule has 0 spiro atoms. The fourth-order valence-electron chi connectivity index (χ4n) is 4.31. The summed E-state index contributed by atoms with van der Waals surface area (Å²) in [6.07, 6.45) is 0.941. The third-order valence-electron chi connectivity index (χ3n) is 6.81. The van der Waals surface area contributed by atoms with E-state index in [1.54, 1.807) is 6.07 Å². The monoisotopic (exact) mass is 690 g/mol. The summed E-state index contributed by atoms with van der Waals surface area (Å²) in [5, 5.41) is 13.4. The zero-order valence-electron chi connectivity index (χ0n) is 26.9. The summed E-state index contributed by atoms with van der Waals surface area (Å²) in [5.41, 5.74) is 1.25. The van der Waals surface area contributed by atoms with Crippen LogP contribution >= 0.6 is 15.9 Å². The van der Waals surface area contributed by atoms with E-state index >= 15 is 0 Å². The molecule has 1 aliphatic heterocycles. The number of anilines is 2. The maximum atomic E-state index is 13.1. The summed E-state index contributed by atoms with van der Waals surface area (Å²) in [7, 11) is 5.09. The van der Waals surface area contributed by atoms with Crippen molar-refractivity contribution in [1.82, 2.24) is 19.8 Å². The quantitative estimate of drug-likeness (QED) is 0.223. The van der Waals surface area contributed by atoms with Crippen LogP contribution < -0.4 is 24.8 Å². The molecule has 0 bridgehead atoms. The highest BCUT2D eigenvalue weighted by molar-refractivity contribution is 9.10. The molecule has 1 amide bonds. The number of carboxylic acid groups (broad SMARTS) is 1. The average molecular weight is 692 g/mol. The molecule has 45 heavy (non-hydrogen) atoms. The summed E-state index contributed by atoms with van der Waals surface area (Å²) in [4.78, 5) is 35.7. The van der Waals surface area contributed by atoms with E-state index in [2.05, 4.69) is 74.2 Å². The molecule has 0 radical (unpaired) electrons. The van der Waals surface area contributed by atoms with E-state index in [1.807, 2.05) is 18.2 Å². The van der Waals surface area contributed by atoms with E-state index in [0.29, 0.717) is 18.2 Å². The van der Waals surface area contributed by atoms with Crippen molar-refractivity contribution in [3.63, 3.8) is 0 Å². The smallest absolute Gasteiger partial charge is 0.300 e. The SMILES string of the molecule is CC(=O)O.COc1nc(NCCCN2CCN(C)CC2)nc(OC)c1NC(=O)c1ccc(Oc2cc(C(C)(C)C)ccc2Br)o1. The Labute approximate surface area is 272 Å². The van der Waals surface area contributed by atoms with Gasteiger partial charge < -0.3 is 44.2 Å². The predicted molar refractivity (Wildman–Crippen MR) is 175 cm³/mol. The van der Waals surface area contributed by atoms with E-state index in [-0.39, 0.29) is 34.6 Å². The van der Waals surface area contributed by atoms with Gasteiger partial charge >= 0.3 is 0 Å². The number of rotatable bonds is 11. The Bertz CT molecular complexity index is 1410. The molecule has 246 valence electrons. The number of carbonyl (C=O) groups is 2. The maximum absolute atomic E-state index is 13.1. The van der Waals surface area contributed by atoms with E-state index in [9.17, 15) is 4.79 Å². The first-order valence-corrected chi connectivity index (χ1v) is 15.3. The van der Waals surface area contributed by atoms with Crippen LogP contribution in [0.25, 0.3) is 0 Å². The third-order valence-corrected chi connectivity index (χ3v) is 7.47. The molecule has 0 saturated carbocycles. The minimum atomic E-state index is -0.833. The molecule has 3 aromatic rings. The summed E-state index contributed by atoms with van der Waals surface area (Å²) in [6.45, 7) is 13.5. The van der Waals surface area contributed by atoms with Gasteiger partial charge in [-0.1, -0.05) is 26.8 Å². The Morgan fingerprint density at radius 3 is 2.24 bits per heavy atom. The van der Waals surface area contributed by atoms with Crippen LogP contribution in [0.4, 0.5) is 11.6 Å². The number of piperazine rings is 1. The van der Waals surface area contributed by atoms with Crippen LogP contribution in [0.1, 0.15) is 50.2 Å². The van der Waals surface area contributed by atoms with Crippen LogP contribution in [0.15, 0.2) is 39.2 Å². The molecular formula is C31H43BrN6O7. The molecule has 0 unspecified atom stereocenters. The Morgan fingerprint density at radius 2 is 1.67 bits per heavy atom. The first kappa shape index (κ1) is 35.6. The lowest BCUT2D eigenvalue weighted by atomic mass is 9.87. The van der Waals surface area contributed by atoms with Gasteiger partial charge in [-0.25, -0.2) is 0 Å². The lowest BCUT2D eigenvalue weighted by Crippen LogP contribution is -2.44. The van der Waals surface area contributed by atoms with Crippen molar-refractivity contribution in [2.75, 3.05) is 71.2 Å². The number of carboxylic acids is 1. The Morgan fingerprint density at radius 1 is 1.04 bits per heavy atom. The van der Waals surface area contributed by atoms with Gasteiger partial charge in [-0.05, 0) is 65.1 Å². The number of carbonyl (C=O) groups excluding carboxylic acids is 1. The first-order chi connectivity index (χ1) is 21.3. The van der Waals surface area contributed by atoms with Crippen LogP contribution in [0, 0.1) is 0 Å². The van der Waals surface area contributed by atoms with Gasteiger partial charge in [-0.2, -0.15) is 9.97 Å². The Hall–Kier alpha value is -3.88. The van der Waals surface area contributed by atoms with Crippen molar-refractivity contribution < 1.29 is 33.3 Å². The van der Waals surface area contributed by atoms with Crippen LogP contribution in [-0.2, 0) is 10.2 Å². The number of nitrogens with zero attached hydrogens (tertiary/aromatic N) is 4. The standard InChI is InChI=1S/C29H39BrN6O5.C2H4O2/c1-29(2,3)19-8-9-20(30)22(18-19)41-23-11-10-21(40-23)25(37)32-24-26(38-5)33-28(34-27(24)39-6)31-12-7-13-36-16-14-35(4)15-17-36;1-2(3)4/h8-11,18H,7,12-17H2,1-6H3,(H,32,37)(H,31,33,34);1H3,(H,3,4). The molecule has 13 nitrogen and oxygen atoms in total. The van der Waals surface area contributed by atoms with Crippen LogP contribution in [-0.4, -0.2) is 97.3 Å². The van der Waals surface area contributed by atoms with Crippen molar-refractivity contribution in [3.8, 4) is 23.5 Å². The largest absolute Gasteiger partial charge is 0.481 e. The number of aliphatic carboxylic acids is 1. The van der Waals surface area contributed by atoms with Crippen LogP contribution in [0.2, 0.25) is 0 Å². The van der Waals surface area contributed by atoms with E-state index in [4.69, 9.17) is 28.5 Å². The second kappa shape index (κ2) is 16.4. The molecule has 1 fully saturated rings. The third kappa shape index (κ3) is 10.9. The lowest BCUT2D eigenvalue weighted by Gasteiger charge is -2.32. The van der Waals surface area contributed by atoms with Gasteiger partial charge in [0.15, 0.2) is 11.4 Å². The summed E-state index contributed by atoms with van der Waals surface area (Å²) in [6, 6.07) is 9.03. The number of amides is 1. The van der Waals surface area contributed by atoms with Crippen molar-refractivity contribution in [1.29, 1.82) is 0 Å². The molecule has 0 aliphatic carbocycles. The van der Waals surface area contributed by atoms with E-state index in [1.165, 1.54) is 20.3 Å². The summed E-state index contributed by atoms with van der Waals surface area (Å²) >= 11 is 3.52. The Balaban J connectivity index is 0.00000130. The molecule has 3 heterocycles. The van der Waals surface area contributed by atoms with Crippen molar-refractivity contribution >= 4 is 39.4 Å². The normalized spacial score (nSPS) is 13.8. The van der Waals surface area contributed by atoms with Crippen molar-refractivity contribution in [2.45, 2.75) is 39.5 Å². The minimum Gasteiger partial charge on any atom is -0.481 e. The van der Waals surface area contributed by atoms with Gasteiger partial charge in [0.05, 0.1) is 18.7 Å². The topological polar surface area (TPSA) is 152 Å².